The van der Waals surface area contributed by atoms with E-state index in [0.717, 1.165) is 11.1 Å². The van der Waals surface area contributed by atoms with Crippen LogP contribution in [0.1, 0.15) is 21.5 Å². The van der Waals surface area contributed by atoms with Crippen molar-refractivity contribution >= 4 is 5.91 Å². The highest BCUT2D eigenvalue weighted by molar-refractivity contribution is 5.98. The molecule has 0 atom stereocenters. The van der Waals surface area contributed by atoms with Gasteiger partial charge >= 0.3 is 0 Å². The largest absolute Gasteiger partial charge is 0.489 e. The average molecular weight is 296 g/mol. The fourth-order valence-electron chi connectivity index (χ4n) is 2.44. The summed E-state index contributed by atoms with van der Waals surface area (Å²) in [6.45, 7) is 0.756. The molecule has 1 heterocycles. The zero-order chi connectivity index (χ0) is 15.5. The normalized spacial score (nSPS) is 12.9. The van der Waals surface area contributed by atoms with Gasteiger partial charge in [-0.2, -0.15) is 5.26 Å². The molecule has 0 saturated carbocycles. The number of amides is 1. The van der Waals surface area contributed by atoms with Gasteiger partial charge in [-0.1, -0.05) is 18.2 Å². The van der Waals surface area contributed by atoms with Crippen molar-refractivity contribution in [3.05, 3.63) is 65.0 Å². The summed E-state index contributed by atoms with van der Waals surface area (Å²) in [7, 11) is 0. The Morgan fingerprint density at radius 3 is 2.91 bits per heavy atom. The number of fused-ring (bicyclic) bond motifs is 1. The van der Waals surface area contributed by atoms with E-state index in [1.54, 1.807) is 24.3 Å². The molecule has 4 nitrogen and oxygen atoms in total. The number of hydrogen-bond acceptors (Lipinski definition) is 3. The first kappa shape index (κ1) is 14.1. The Kier molecular flexibility index (Phi) is 3.75. The molecule has 2 aromatic carbocycles. The zero-order valence-corrected chi connectivity index (χ0v) is 11.8. The maximum Gasteiger partial charge on any atom is 0.255 e. The molecule has 0 N–H and O–H groups in total. The number of nitriles is 1. The Bertz CT molecular complexity index is 767. The van der Waals surface area contributed by atoms with Crippen LogP contribution in [0.25, 0.3) is 0 Å². The average Bonchev–Trinajstić information content (AvgIpc) is 2.82. The van der Waals surface area contributed by atoms with Crippen LogP contribution in [0.15, 0.2) is 42.5 Å². The molecule has 0 radical (unpaired) electrons. The van der Waals surface area contributed by atoms with Gasteiger partial charge in [0, 0.05) is 12.1 Å². The molecule has 0 aromatic heterocycles. The van der Waals surface area contributed by atoms with Crippen molar-refractivity contribution in [3.63, 3.8) is 0 Å². The lowest BCUT2D eigenvalue weighted by Gasteiger charge is -2.09. The first-order chi connectivity index (χ1) is 10.7. The summed E-state index contributed by atoms with van der Waals surface area (Å²) in [5.74, 6) is 0.0836. The predicted molar refractivity (Wildman–Crippen MR) is 77.5 cm³/mol. The highest BCUT2D eigenvalue weighted by atomic mass is 19.1. The molecule has 0 bridgehead atoms. The van der Waals surface area contributed by atoms with Crippen LogP contribution in [-0.2, 0) is 13.2 Å². The maximum absolute atomic E-state index is 13.1. The molecule has 1 aliphatic rings. The van der Waals surface area contributed by atoms with Crippen LogP contribution in [0.4, 0.5) is 4.39 Å². The first-order valence-corrected chi connectivity index (χ1v) is 6.84. The molecule has 1 aliphatic heterocycles. The van der Waals surface area contributed by atoms with Gasteiger partial charge < -0.3 is 9.64 Å². The Hall–Kier alpha value is -2.87. The van der Waals surface area contributed by atoms with Crippen molar-refractivity contribution in [3.8, 4) is 11.8 Å². The van der Waals surface area contributed by atoms with Crippen LogP contribution in [0, 0.1) is 17.1 Å². The second-order valence-corrected chi connectivity index (χ2v) is 5.06. The van der Waals surface area contributed by atoms with Gasteiger partial charge in [0.15, 0.2) is 0 Å². The highest BCUT2D eigenvalue weighted by Crippen LogP contribution is 2.27. The maximum atomic E-state index is 13.1. The second kappa shape index (κ2) is 5.86. The van der Waals surface area contributed by atoms with Crippen LogP contribution < -0.4 is 4.74 Å². The monoisotopic (exact) mass is 296 g/mol. The number of carbonyl (C=O) groups is 1. The molecule has 1 amide bonds. The van der Waals surface area contributed by atoms with Crippen molar-refractivity contribution in [1.82, 2.24) is 4.90 Å². The molecular weight excluding hydrogens is 283 g/mol. The van der Waals surface area contributed by atoms with Crippen molar-refractivity contribution < 1.29 is 13.9 Å². The number of halogens is 1. The van der Waals surface area contributed by atoms with Gasteiger partial charge in [0.1, 0.15) is 24.7 Å². The third kappa shape index (κ3) is 2.77. The van der Waals surface area contributed by atoms with E-state index >= 15 is 0 Å². The highest BCUT2D eigenvalue weighted by Gasteiger charge is 2.27. The molecule has 0 unspecified atom stereocenters. The Balaban J connectivity index is 1.73. The summed E-state index contributed by atoms with van der Waals surface area (Å²) < 4.78 is 18.7. The van der Waals surface area contributed by atoms with Gasteiger partial charge in [0.05, 0.1) is 6.07 Å². The third-order valence-corrected chi connectivity index (χ3v) is 3.52. The molecule has 0 spiro atoms. The Morgan fingerprint density at radius 2 is 2.14 bits per heavy atom. The summed E-state index contributed by atoms with van der Waals surface area (Å²) in [5, 5.41) is 8.71. The fraction of sp³-hybridized carbons (Fsp3) is 0.176. The Labute approximate surface area is 127 Å². The van der Waals surface area contributed by atoms with Gasteiger partial charge in [0.25, 0.3) is 5.91 Å². The topological polar surface area (TPSA) is 53.3 Å². The summed E-state index contributed by atoms with van der Waals surface area (Å²) in [5.41, 5.74) is 2.17. The lowest BCUT2D eigenvalue weighted by atomic mass is 10.1. The van der Waals surface area contributed by atoms with E-state index in [0.29, 0.717) is 17.9 Å². The Morgan fingerprint density at radius 1 is 1.27 bits per heavy atom. The van der Waals surface area contributed by atoms with Gasteiger partial charge in [-0.15, -0.1) is 0 Å². The number of nitrogens with zero attached hydrogens (tertiary/aromatic N) is 2. The minimum absolute atomic E-state index is 0.0764. The standard InChI is InChI=1S/C17H13FN2O2/c18-14-3-1-2-12(8-14)11-22-15-5-4-13-10-20(7-6-19)17(21)16(13)9-15/h1-5,8-9H,7,10-11H2. The van der Waals surface area contributed by atoms with E-state index < -0.39 is 0 Å². The molecule has 0 aliphatic carbocycles. The fourth-order valence-corrected chi connectivity index (χ4v) is 2.44. The molecule has 3 rings (SSSR count). The minimum Gasteiger partial charge on any atom is -0.489 e. The molecule has 110 valence electrons. The second-order valence-electron chi connectivity index (χ2n) is 5.06. The molecule has 5 heteroatoms. The van der Waals surface area contributed by atoms with Gasteiger partial charge in [-0.3, -0.25) is 4.79 Å². The van der Waals surface area contributed by atoms with Gasteiger partial charge in [-0.05, 0) is 35.4 Å². The van der Waals surface area contributed by atoms with Crippen LogP contribution in [0.2, 0.25) is 0 Å². The van der Waals surface area contributed by atoms with Crippen LogP contribution in [0.5, 0.6) is 5.75 Å². The third-order valence-electron chi connectivity index (χ3n) is 3.52. The summed E-state index contributed by atoms with van der Waals surface area (Å²) in [6, 6.07) is 13.4. The van der Waals surface area contributed by atoms with E-state index in [4.69, 9.17) is 10.00 Å². The number of carbonyl (C=O) groups excluding carboxylic acids is 1. The van der Waals surface area contributed by atoms with Crippen LogP contribution in [0.3, 0.4) is 0 Å². The van der Waals surface area contributed by atoms with E-state index in [2.05, 4.69) is 0 Å². The van der Waals surface area contributed by atoms with E-state index in [1.165, 1.54) is 17.0 Å². The van der Waals surface area contributed by atoms with Crippen LogP contribution in [-0.4, -0.2) is 17.4 Å². The van der Waals surface area contributed by atoms with E-state index in [1.807, 2.05) is 12.1 Å². The molecule has 2 aromatic rings. The SMILES string of the molecule is N#CCN1Cc2ccc(OCc3cccc(F)c3)cc2C1=O. The van der Waals surface area contributed by atoms with E-state index in [9.17, 15) is 9.18 Å². The number of hydrogen-bond donors (Lipinski definition) is 0. The number of benzene rings is 2. The number of ether oxygens (including phenoxy) is 1. The molecule has 22 heavy (non-hydrogen) atoms. The quantitative estimate of drug-likeness (QED) is 0.815. The zero-order valence-electron chi connectivity index (χ0n) is 11.8. The van der Waals surface area contributed by atoms with E-state index in [-0.39, 0.29) is 24.9 Å². The van der Waals surface area contributed by atoms with Crippen molar-refractivity contribution in [2.45, 2.75) is 13.2 Å². The smallest absolute Gasteiger partial charge is 0.255 e. The van der Waals surface area contributed by atoms with Gasteiger partial charge in [0.2, 0.25) is 0 Å². The summed E-state index contributed by atoms with van der Waals surface area (Å²) >= 11 is 0. The summed E-state index contributed by atoms with van der Waals surface area (Å²) in [4.78, 5) is 13.6. The first-order valence-electron chi connectivity index (χ1n) is 6.84. The molecule has 0 saturated heterocycles. The van der Waals surface area contributed by atoms with Crippen LogP contribution >= 0.6 is 0 Å². The van der Waals surface area contributed by atoms with Crippen molar-refractivity contribution in [2.24, 2.45) is 0 Å². The van der Waals surface area contributed by atoms with Crippen molar-refractivity contribution in [2.75, 3.05) is 6.54 Å². The predicted octanol–water partition coefficient (Wildman–Crippen LogP) is 2.88. The summed E-state index contributed by atoms with van der Waals surface area (Å²) in [6.07, 6.45) is 0. The lowest BCUT2D eigenvalue weighted by Crippen LogP contribution is -2.23. The molecular formula is C17H13FN2O2. The van der Waals surface area contributed by atoms with Crippen molar-refractivity contribution in [1.29, 1.82) is 5.26 Å². The van der Waals surface area contributed by atoms with Gasteiger partial charge in [-0.25, -0.2) is 4.39 Å². The minimum atomic E-state index is -0.308. The number of rotatable bonds is 4. The molecule has 0 fully saturated rings. The lowest BCUT2D eigenvalue weighted by molar-refractivity contribution is 0.0798.